The van der Waals surface area contributed by atoms with Crippen LogP contribution < -0.4 is 10.1 Å². The van der Waals surface area contributed by atoms with Crippen molar-refractivity contribution in [3.8, 4) is 5.75 Å². The van der Waals surface area contributed by atoms with Crippen LogP contribution in [0.2, 0.25) is 0 Å². The van der Waals surface area contributed by atoms with E-state index in [0.29, 0.717) is 12.0 Å². The lowest BCUT2D eigenvalue weighted by atomic mass is 9.81. The number of fused-ring (bicyclic) bond motifs is 1. The van der Waals surface area contributed by atoms with Crippen LogP contribution in [0.3, 0.4) is 0 Å². The quantitative estimate of drug-likeness (QED) is 0.874. The summed E-state index contributed by atoms with van der Waals surface area (Å²) in [4.78, 5) is 0. The van der Waals surface area contributed by atoms with Crippen LogP contribution in [0, 0.1) is 5.92 Å². The van der Waals surface area contributed by atoms with E-state index in [4.69, 9.17) is 4.74 Å². The Morgan fingerprint density at radius 1 is 1.37 bits per heavy atom. The lowest BCUT2D eigenvalue weighted by molar-refractivity contribution is 0.0415. The Hall–Kier alpha value is -1.06. The van der Waals surface area contributed by atoms with Gasteiger partial charge in [-0.25, -0.2) is 0 Å². The minimum absolute atomic E-state index is 0.0466. The fraction of sp³-hybridized carbons (Fsp3) is 0.625. The summed E-state index contributed by atoms with van der Waals surface area (Å²) in [5.74, 6) is 1.63. The number of hydrogen-bond acceptors (Lipinski definition) is 3. The smallest absolute Gasteiger partial charge is 0.119 e. The summed E-state index contributed by atoms with van der Waals surface area (Å²) in [6, 6.07) is 6.93. The minimum Gasteiger partial charge on any atom is -0.497 e. The van der Waals surface area contributed by atoms with Gasteiger partial charge in [-0.05, 0) is 67.8 Å². The summed E-state index contributed by atoms with van der Waals surface area (Å²) < 4.78 is 5.30. The summed E-state index contributed by atoms with van der Waals surface area (Å²) >= 11 is 0. The Morgan fingerprint density at radius 3 is 2.95 bits per heavy atom. The molecule has 0 aliphatic heterocycles. The molecular formula is C16H23NO2. The van der Waals surface area contributed by atoms with Crippen LogP contribution in [0.1, 0.15) is 42.9 Å². The largest absolute Gasteiger partial charge is 0.497 e. The number of methoxy groups -OCH3 is 1. The molecule has 1 aromatic carbocycles. The third-order valence-corrected chi connectivity index (χ3v) is 4.53. The molecule has 1 saturated carbocycles. The maximum absolute atomic E-state index is 9.33. The fourth-order valence-corrected chi connectivity index (χ4v) is 3.31. The van der Waals surface area contributed by atoms with Gasteiger partial charge in [-0.2, -0.15) is 0 Å². The molecule has 3 heteroatoms. The fourth-order valence-electron chi connectivity index (χ4n) is 3.31. The van der Waals surface area contributed by atoms with E-state index in [2.05, 4.69) is 23.5 Å². The molecule has 3 rings (SSSR count). The van der Waals surface area contributed by atoms with Gasteiger partial charge in [0.25, 0.3) is 0 Å². The molecule has 0 aromatic heterocycles. The third-order valence-electron chi connectivity index (χ3n) is 4.53. The number of aliphatic hydroxyl groups excluding tert-OH is 1. The third kappa shape index (κ3) is 2.77. The van der Waals surface area contributed by atoms with E-state index in [1.54, 1.807) is 7.11 Å². The van der Waals surface area contributed by atoms with Gasteiger partial charge in [-0.15, -0.1) is 0 Å². The molecule has 104 valence electrons. The van der Waals surface area contributed by atoms with E-state index in [0.717, 1.165) is 31.6 Å². The number of aliphatic hydroxyl groups is 1. The van der Waals surface area contributed by atoms with E-state index in [1.165, 1.54) is 24.0 Å². The summed E-state index contributed by atoms with van der Waals surface area (Å²) in [6.07, 6.45) is 5.51. The van der Waals surface area contributed by atoms with E-state index < -0.39 is 0 Å². The normalized spacial score (nSPS) is 29.5. The van der Waals surface area contributed by atoms with Gasteiger partial charge >= 0.3 is 0 Å². The molecule has 2 N–H and O–H groups in total. The van der Waals surface area contributed by atoms with Gasteiger partial charge in [0.2, 0.25) is 0 Å². The first-order chi connectivity index (χ1) is 9.26. The second kappa shape index (κ2) is 5.51. The molecule has 1 fully saturated rings. The van der Waals surface area contributed by atoms with Crippen LogP contribution in [-0.2, 0) is 6.42 Å². The minimum atomic E-state index is -0.0466. The average Bonchev–Trinajstić information content (AvgIpc) is 2.41. The molecule has 1 unspecified atom stereocenters. The molecule has 0 spiro atoms. The van der Waals surface area contributed by atoms with Gasteiger partial charge < -0.3 is 15.2 Å². The van der Waals surface area contributed by atoms with Crippen LogP contribution in [0.15, 0.2) is 18.2 Å². The van der Waals surface area contributed by atoms with E-state index in [9.17, 15) is 5.11 Å². The van der Waals surface area contributed by atoms with Crippen molar-refractivity contribution in [1.82, 2.24) is 5.32 Å². The zero-order valence-corrected chi connectivity index (χ0v) is 11.6. The summed E-state index contributed by atoms with van der Waals surface area (Å²) in [5, 5.41) is 13.0. The standard InChI is InChI=1S/C16H23NO2/c1-19-14-5-6-15-12(9-14)3-2-4-16(15)17-10-11-7-13(18)8-11/h5-6,9,11,13,16-18H,2-4,7-8,10H2,1H3. The van der Waals surface area contributed by atoms with Crippen LogP contribution >= 0.6 is 0 Å². The van der Waals surface area contributed by atoms with Crippen molar-refractivity contribution in [2.24, 2.45) is 5.92 Å². The SMILES string of the molecule is COc1ccc2c(c1)CCCC2NCC1CC(O)C1. The maximum Gasteiger partial charge on any atom is 0.119 e. The maximum atomic E-state index is 9.33. The van der Waals surface area contributed by atoms with Crippen LogP contribution in [0.5, 0.6) is 5.75 Å². The van der Waals surface area contributed by atoms with Gasteiger partial charge in [0.1, 0.15) is 5.75 Å². The van der Waals surface area contributed by atoms with Gasteiger partial charge in [0, 0.05) is 6.04 Å². The zero-order valence-electron chi connectivity index (χ0n) is 11.6. The lowest BCUT2D eigenvalue weighted by Gasteiger charge is -2.34. The summed E-state index contributed by atoms with van der Waals surface area (Å²) in [6.45, 7) is 1.03. The number of benzene rings is 1. The van der Waals surface area contributed by atoms with Crippen molar-refractivity contribution in [3.63, 3.8) is 0 Å². The number of aryl methyl sites for hydroxylation is 1. The number of rotatable bonds is 4. The second-order valence-corrected chi connectivity index (χ2v) is 5.91. The first kappa shape index (κ1) is 12.9. The average molecular weight is 261 g/mol. The summed E-state index contributed by atoms with van der Waals surface area (Å²) in [5.41, 5.74) is 2.86. The molecule has 0 bridgehead atoms. The van der Waals surface area contributed by atoms with Crippen molar-refractivity contribution in [1.29, 1.82) is 0 Å². The molecule has 2 aliphatic rings. The van der Waals surface area contributed by atoms with E-state index >= 15 is 0 Å². The Bertz CT molecular complexity index is 440. The van der Waals surface area contributed by atoms with E-state index in [-0.39, 0.29) is 6.10 Å². The Kier molecular flexibility index (Phi) is 3.76. The van der Waals surface area contributed by atoms with Crippen molar-refractivity contribution in [3.05, 3.63) is 29.3 Å². The van der Waals surface area contributed by atoms with E-state index in [1.807, 2.05) is 0 Å². The monoisotopic (exact) mass is 261 g/mol. The molecule has 19 heavy (non-hydrogen) atoms. The van der Waals surface area contributed by atoms with Crippen molar-refractivity contribution >= 4 is 0 Å². The van der Waals surface area contributed by atoms with Crippen molar-refractivity contribution < 1.29 is 9.84 Å². The number of ether oxygens (including phenoxy) is 1. The van der Waals surface area contributed by atoms with Gasteiger partial charge in [-0.1, -0.05) is 6.07 Å². The van der Waals surface area contributed by atoms with Crippen molar-refractivity contribution in [2.45, 2.75) is 44.2 Å². The Labute approximate surface area is 115 Å². The molecule has 0 saturated heterocycles. The highest BCUT2D eigenvalue weighted by Crippen LogP contribution is 2.33. The highest BCUT2D eigenvalue weighted by molar-refractivity contribution is 5.39. The predicted octanol–water partition coefficient (Wildman–Crippen LogP) is 2.43. The second-order valence-electron chi connectivity index (χ2n) is 5.91. The molecule has 0 radical (unpaired) electrons. The first-order valence-electron chi connectivity index (χ1n) is 7.34. The Balaban J connectivity index is 1.64. The summed E-state index contributed by atoms with van der Waals surface area (Å²) in [7, 11) is 1.72. The molecule has 0 amide bonds. The van der Waals surface area contributed by atoms with Gasteiger partial charge in [-0.3, -0.25) is 0 Å². The highest BCUT2D eigenvalue weighted by atomic mass is 16.5. The number of hydrogen-bond donors (Lipinski definition) is 2. The highest BCUT2D eigenvalue weighted by Gasteiger charge is 2.28. The topological polar surface area (TPSA) is 41.5 Å². The molecule has 2 aliphatic carbocycles. The van der Waals surface area contributed by atoms with Crippen LogP contribution in [-0.4, -0.2) is 24.9 Å². The Morgan fingerprint density at radius 2 is 2.21 bits per heavy atom. The number of nitrogens with one attached hydrogen (secondary N) is 1. The van der Waals surface area contributed by atoms with Crippen LogP contribution in [0.4, 0.5) is 0 Å². The lowest BCUT2D eigenvalue weighted by Crippen LogP contribution is -2.38. The van der Waals surface area contributed by atoms with Gasteiger partial charge in [0.05, 0.1) is 13.2 Å². The molecule has 1 aromatic rings. The van der Waals surface area contributed by atoms with Crippen molar-refractivity contribution in [2.75, 3.05) is 13.7 Å². The molecule has 0 heterocycles. The molecule has 3 nitrogen and oxygen atoms in total. The van der Waals surface area contributed by atoms with Crippen LogP contribution in [0.25, 0.3) is 0 Å². The van der Waals surface area contributed by atoms with Gasteiger partial charge in [0.15, 0.2) is 0 Å². The zero-order chi connectivity index (χ0) is 13.2. The predicted molar refractivity (Wildman–Crippen MR) is 75.4 cm³/mol. The first-order valence-corrected chi connectivity index (χ1v) is 7.34. The molecule has 1 atom stereocenters. The molecular weight excluding hydrogens is 238 g/mol.